The molecule has 1 N–H and O–H groups in total. The van der Waals surface area contributed by atoms with Gasteiger partial charge in [-0.3, -0.25) is 0 Å². The second kappa shape index (κ2) is 5.01. The lowest BCUT2D eigenvalue weighted by molar-refractivity contribution is 0.187. The Morgan fingerprint density at radius 2 is 1.93 bits per heavy atom. The lowest BCUT2D eigenvalue weighted by Crippen LogP contribution is -2.19. The molecule has 1 atom stereocenters. The quantitative estimate of drug-likeness (QED) is 0.773. The molecule has 1 heterocycles. The predicted octanol–water partition coefficient (Wildman–Crippen LogP) is 2.21. The zero-order valence-electron chi connectivity index (χ0n) is 8.41. The SMILES string of the molecule is c1ccc(OC2CCCNCC2)cc1. The Bertz CT molecular complexity index is 252. The summed E-state index contributed by atoms with van der Waals surface area (Å²) in [5.74, 6) is 0.999. The normalized spacial score (nSPS) is 22.7. The van der Waals surface area contributed by atoms with Gasteiger partial charge >= 0.3 is 0 Å². The van der Waals surface area contributed by atoms with Crippen LogP contribution in [0, 0.1) is 0 Å². The van der Waals surface area contributed by atoms with Crippen molar-refractivity contribution in [3.05, 3.63) is 30.3 Å². The molecule has 0 amide bonds. The largest absolute Gasteiger partial charge is 0.490 e. The Kier molecular flexibility index (Phi) is 3.41. The molecule has 1 saturated heterocycles. The first kappa shape index (κ1) is 9.53. The molecule has 0 bridgehead atoms. The van der Waals surface area contributed by atoms with Crippen molar-refractivity contribution in [1.29, 1.82) is 0 Å². The minimum absolute atomic E-state index is 0.396. The average Bonchev–Trinajstić information content (AvgIpc) is 2.48. The van der Waals surface area contributed by atoms with Crippen LogP contribution in [0.5, 0.6) is 5.75 Å². The summed E-state index contributed by atoms with van der Waals surface area (Å²) in [6, 6.07) is 10.1. The molecule has 14 heavy (non-hydrogen) atoms. The molecular formula is C12H17NO. The van der Waals surface area contributed by atoms with E-state index < -0.39 is 0 Å². The standard InChI is InChI=1S/C12H17NO/c1-2-5-11(6-3-1)14-12-7-4-9-13-10-8-12/h1-3,5-6,12-13H,4,7-10H2. The molecule has 2 rings (SSSR count). The Morgan fingerprint density at radius 1 is 1.07 bits per heavy atom. The van der Waals surface area contributed by atoms with Crippen LogP contribution in [0.3, 0.4) is 0 Å². The molecule has 0 aliphatic carbocycles. The van der Waals surface area contributed by atoms with Crippen LogP contribution in [-0.4, -0.2) is 19.2 Å². The van der Waals surface area contributed by atoms with E-state index in [4.69, 9.17) is 4.74 Å². The maximum Gasteiger partial charge on any atom is 0.119 e. The van der Waals surface area contributed by atoms with E-state index in [1.165, 1.54) is 12.8 Å². The molecule has 0 spiro atoms. The fourth-order valence-electron chi connectivity index (χ4n) is 1.80. The molecule has 1 aromatic carbocycles. The molecule has 1 aliphatic heterocycles. The van der Waals surface area contributed by atoms with Crippen LogP contribution in [0.4, 0.5) is 0 Å². The van der Waals surface area contributed by atoms with Gasteiger partial charge in [0.1, 0.15) is 5.75 Å². The van der Waals surface area contributed by atoms with Gasteiger partial charge in [-0.1, -0.05) is 18.2 Å². The number of ether oxygens (including phenoxy) is 1. The Labute approximate surface area is 85.3 Å². The van der Waals surface area contributed by atoms with E-state index >= 15 is 0 Å². The Morgan fingerprint density at radius 3 is 2.79 bits per heavy atom. The third-order valence-electron chi connectivity index (χ3n) is 2.57. The number of nitrogens with one attached hydrogen (secondary N) is 1. The van der Waals surface area contributed by atoms with Gasteiger partial charge in [0, 0.05) is 0 Å². The van der Waals surface area contributed by atoms with Crippen molar-refractivity contribution in [1.82, 2.24) is 5.32 Å². The molecule has 2 nitrogen and oxygen atoms in total. The second-order valence-electron chi connectivity index (χ2n) is 3.73. The third kappa shape index (κ3) is 2.74. The van der Waals surface area contributed by atoms with Gasteiger partial charge in [-0.25, -0.2) is 0 Å². The first-order valence-electron chi connectivity index (χ1n) is 5.37. The zero-order valence-corrected chi connectivity index (χ0v) is 8.41. The van der Waals surface area contributed by atoms with Gasteiger partial charge in [-0.2, -0.15) is 0 Å². The molecule has 2 heteroatoms. The highest BCUT2D eigenvalue weighted by Gasteiger charge is 2.12. The van der Waals surface area contributed by atoms with Crippen molar-refractivity contribution in [2.75, 3.05) is 13.1 Å². The van der Waals surface area contributed by atoms with Gasteiger partial charge in [-0.05, 0) is 44.5 Å². The predicted molar refractivity (Wildman–Crippen MR) is 57.6 cm³/mol. The average molecular weight is 191 g/mol. The van der Waals surface area contributed by atoms with Crippen LogP contribution in [0.2, 0.25) is 0 Å². The highest BCUT2D eigenvalue weighted by molar-refractivity contribution is 5.21. The summed E-state index contributed by atoms with van der Waals surface area (Å²) in [6.07, 6.45) is 3.90. The van der Waals surface area contributed by atoms with Crippen LogP contribution in [0.1, 0.15) is 19.3 Å². The van der Waals surface area contributed by atoms with Gasteiger partial charge in [-0.15, -0.1) is 0 Å². The van der Waals surface area contributed by atoms with Crippen LogP contribution in [-0.2, 0) is 0 Å². The molecule has 1 aromatic rings. The number of benzene rings is 1. The summed E-state index contributed by atoms with van der Waals surface area (Å²) < 4.78 is 5.90. The summed E-state index contributed by atoms with van der Waals surface area (Å²) in [6.45, 7) is 2.21. The van der Waals surface area contributed by atoms with Crippen LogP contribution >= 0.6 is 0 Å². The van der Waals surface area contributed by atoms with Crippen LogP contribution in [0.25, 0.3) is 0 Å². The van der Waals surface area contributed by atoms with Gasteiger partial charge in [0.05, 0.1) is 6.10 Å². The van der Waals surface area contributed by atoms with Crippen LogP contribution < -0.4 is 10.1 Å². The monoisotopic (exact) mass is 191 g/mol. The molecule has 0 saturated carbocycles. The molecule has 1 fully saturated rings. The summed E-state index contributed by atoms with van der Waals surface area (Å²) in [5.41, 5.74) is 0. The van der Waals surface area contributed by atoms with E-state index in [1.807, 2.05) is 30.3 Å². The molecule has 0 radical (unpaired) electrons. The summed E-state index contributed by atoms with van der Waals surface area (Å²) in [5, 5.41) is 3.38. The fraction of sp³-hybridized carbons (Fsp3) is 0.500. The number of rotatable bonds is 2. The maximum absolute atomic E-state index is 5.90. The smallest absolute Gasteiger partial charge is 0.119 e. The highest BCUT2D eigenvalue weighted by Crippen LogP contribution is 2.16. The number of para-hydroxylation sites is 1. The fourth-order valence-corrected chi connectivity index (χ4v) is 1.80. The molecule has 76 valence electrons. The van der Waals surface area contributed by atoms with E-state index in [1.54, 1.807) is 0 Å². The van der Waals surface area contributed by atoms with Crippen molar-refractivity contribution in [3.63, 3.8) is 0 Å². The van der Waals surface area contributed by atoms with E-state index in [0.29, 0.717) is 6.10 Å². The minimum atomic E-state index is 0.396. The van der Waals surface area contributed by atoms with Crippen molar-refractivity contribution in [2.24, 2.45) is 0 Å². The maximum atomic E-state index is 5.90. The van der Waals surface area contributed by atoms with Gasteiger partial charge in [0.25, 0.3) is 0 Å². The van der Waals surface area contributed by atoms with Gasteiger partial charge in [0.2, 0.25) is 0 Å². The van der Waals surface area contributed by atoms with Crippen LogP contribution in [0.15, 0.2) is 30.3 Å². The van der Waals surface area contributed by atoms with E-state index in [-0.39, 0.29) is 0 Å². The van der Waals surface area contributed by atoms with Crippen molar-refractivity contribution in [3.8, 4) is 5.75 Å². The summed E-state index contributed by atoms with van der Waals surface area (Å²) in [4.78, 5) is 0. The molecule has 1 aliphatic rings. The molecular weight excluding hydrogens is 174 g/mol. The minimum Gasteiger partial charge on any atom is -0.490 e. The summed E-state index contributed by atoms with van der Waals surface area (Å²) >= 11 is 0. The second-order valence-corrected chi connectivity index (χ2v) is 3.73. The number of hydrogen-bond donors (Lipinski definition) is 1. The first-order chi connectivity index (χ1) is 6.95. The summed E-state index contributed by atoms with van der Waals surface area (Å²) in [7, 11) is 0. The van der Waals surface area contributed by atoms with Crippen molar-refractivity contribution < 1.29 is 4.74 Å². The van der Waals surface area contributed by atoms with E-state index in [9.17, 15) is 0 Å². The highest BCUT2D eigenvalue weighted by atomic mass is 16.5. The van der Waals surface area contributed by atoms with Gasteiger partial charge < -0.3 is 10.1 Å². The number of hydrogen-bond acceptors (Lipinski definition) is 2. The first-order valence-corrected chi connectivity index (χ1v) is 5.37. The van der Waals surface area contributed by atoms with Crippen molar-refractivity contribution >= 4 is 0 Å². The van der Waals surface area contributed by atoms with Crippen molar-refractivity contribution in [2.45, 2.75) is 25.4 Å². The topological polar surface area (TPSA) is 21.3 Å². The lowest BCUT2D eigenvalue weighted by Gasteiger charge is -2.16. The van der Waals surface area contributed by atoms with Gasteiger partial charge in [0.15, 0.2) is 0 Å². The van der Waals surface area contributed by atoms with E-state index in [0.717, 1.165) is 25.3 Å². The Balaban J connectivity index is 1.90. The molecule has 1 unspecified atom stereocenters. The lowest BCUT2D eigenvalue weighted by atomic mass is 10.1. The van der Waals surface area contributed by atoms with E-state index in [2.05, 4.69) is 5.32 Å². The molecule has 0 aromatic heterocycles. The third-order valence-corrected chi connectivity index (χ3v) is 2.57. The zero-order chi connectivity index (χ0) is 9.64. The Hall–Kier alpha value is -1.02.